The van der Waals surface area contributed by atoms with Gasteiger partial charge in [0.05, 0.1) is 18.8 Å². The van der Waals surface area contributed by atoms with Crippen molar-refractivity contribution in [2.45, 2.75) is 106 Å². The molecule has 0 bridgehead atoms. The van der Waals surface area contributed by atoms with E-state index in [1.54, 1.807) is 0 Å². The van der Waals surface area contributed by atoms with Gasteiger partial charge in [-0.3, -0.25) is 4.79 Å². The summed E-state index contributed by atoms with van der Waals surface area (Å²) in [5.74, 6) is -2.27. The largest absolute Gasteiger partial charge is 0.508 e. The van der Waals surface area contributed by atoms with Crippen LogP contribution >= 0.6 is 0 Å². The first-order valence-electron chi connectivity index (χ1n) is 16.2. The number of aliphatic hydroxyl groups is 8. The summed E-state index contributed by atoms with van der Waals surface area (Å²) in [4.78, 5) is 14.0. The van der Waals surface area contributed by atoms with Crippen molar-refractivity contribution in [3.63, 3.8) is 0 Å². The lowest BCUT2D eigenvalue weighted by molar-refractivity contribution is -0.360. The number of phenolic OH excluding ortho intramolecular Hbond substituents is 3. The number of phenols is 3. The minimum absolute atomic E-state index is 0.138. The Morgan fingerprint density at radius 3 is 1.88 bits per heavy atom. The molecule has 3 aliphatic rings. The molecule has 0 radical (unpaired) electrons. The first-order chi connectivity index (χ1) is 24.6. The van der Waals surface area contributed by atoms with Crippen molar-refractivity contribution < 1.29 is 89.0 Å². The second-order valence-corrected chi connectivity index (χ2v) is 12.9. The van der Waals surface area contributed by atoms with Crippen LogP contribution in [0.3, 0.4) is 0 Å². The Hall–Kier alpha value is -3.67. The normalized spacial score (nSPS) is 38.3. The number of fused-ring (bicyclic) bond motifs is 1. The predicted molar refractivity (Wildman–Crippen MR) is 170 cm³/mol. The van der Waals surface area contributed by atoms with E-state index in [9.17, 15) is 61.0 Å². The molecule has 0 aliphatic carbocycles. The highest BCUT2D eigenvalue weighted by atomic mass is 16.8. The van der Waals surface area contributed by atoms with Gasteiger partial charge in [0.25, 0.3) is 0 Å². The van der Waals surface area contributed by atoms with Crippen LogP contribution in [0.25, 0.3) is 22.3 Å². The zero-order valence-corrected chi connectivity index (χ0v) is 27.5. The number of benzene rings is 2. The van der Waals surface area contributed by atoms with E-state index in [-0.39, 0.29) is 22.7 Å². The van der Waals surface area contributed by atoms with Crippen LogP contribution in [0.1, 0.15) is 13.8 Å². The smallest absolute Gasteiger partial charge is 0.239 e. The molecule has 15 atom stereocenters. The minimum Gasteiger partial charge on any atom is -0.508 e. The van der Waals surface area contributed by atoms with Crippen LogP contribution < -0.4 is 10.2 Å². The van der Waals surface area contributed by atoms with Gasteiger partial charge in [-0.1, -0.05) is 0 Å². The number of ether oxygens (including phenoxy) is 6. The SMILES string of the molecule is C[C@@H]1O[C@@H](O[C@@H]2[C@@H](Oc3c(-c4ccc(O)cc4)oc4cc(O)cc(O)c4c3=O)O[C@@H](CO[C@H]3O[C@@H](C)[C@H](O)[C@@H](O)[C@@H]3O)[C@H](O)[C@H]2O)[C@@H](O)[C@H](O)[C@H]1O. The number of aliphatic hydroxyl groups excluding tert-OH is 8. The third-order valence-corrected chi connectivity index (χ3v) is 9.26. The first kappa shape index (κ1) is 38.1. The van der Waals surface area contributed by atoms with Gasteiger partial charge in [-0.05, 0) is 38.1 Å². The monoisotopic (exact) mass is 740 g/mol. The maximum atomic E-state index is 14.0. The third-order valence-electron chi connectivity index (χ3n) is 9.26. The van der Waals surface area contributed by atoms with Gasteiger partial charge >= 0.3 is 0 Å². The molecule has 19 nitrogen and oxygen atoms in total. The van der Waals surface area contributed by atoms with Gasteiger partial charge in [-0.2, -0.15) is 0 Å². The van der Waals surface area contributed by atoms with Crippen LogP contribution in [0.2, 0.25) is 0 Å². The van der Waals surface area contributed by atoms with E-state index in [0.29, 0.717) is 0 Å². The van der Waals surface area contributed by atoms with Crippen LogP contribution in [-0.2, 0) is 23.7 Å². The quantitative estimate of drug-likeness (QED) is 0.113. The summed E-state index contributed by atoms with van der Waals surface area (Å²) >= 11 is 0. The summed E-state index contributed by atoms with van der Waals surface area (Å²) in [5, 5.41) is 115. The summed E-state index contributed by atoms with van der Waals surface area (Å²) < 4.78 is 40.3. The molecule has 1 aromatic heterocycles. The van der Waals surface area contributed by atoms with Crippen molar-refractivity contribution in [1.29, 1.82) is 0 Å². The molecule has 4 heterocycles. The van der Waals surface area contributed by atoms with Crippen LogP contribution in [0, 0.1) is 0 Å². The lowest BCUT2D eigenvalue weighted by Gasteiger charge is -2.46. The average molecular weight is 741 g/mol. The van der Waals surface area contributed by atoms with Gasteiger partial charge in [0.1, 0.15) is 83.2 Å². The van der Waals surface area contributed by atoms with Crippen molar-refractivity contribution in [3.8, 4) is 34.3 Å². The minimum atomic E-state index is -2.00. The van der Waals surface area contributed by atoms with Crippen molar-refractivity contribution in [2.75, 3.05) is 6.61 Å². The molecule has 11 N–H and O–H groups in total. The molecule has 3 aromatic rings. The summed E-state index contributed by atoms with van der Waals surface area (Å²) in [7, 11) is 0. The second-order valence-electron chi connectivity index (χ2n) is 12.9. The van der Waals surface area contributed by atoms with Crippen LogP contribution in [0.15, 0.2) is 45.6 Å². The molecular weight excluding hydrogens is 700 g/mol. The van der Waals surface area contributed by atoms with E-state index < -0.39 is 127 Å². The molecule has 3 saturated heterocycles. The van der Waals surface area contributed by atoms with Gasteiger partial charge in [-0.15, -0.1) is 0 Å². The number of rotatable bonds is 8. The van der Waals surface area contributed by atoms with Gasteiger partial charge in [0.2, 0.25) is 17.5 Å². The fourth-order valence-corrected chi connectivity index (χ4v) is 6.20. The predicted octanol–water partition coefficient (Wildman–Crippen LogP) is -2.54. The Morgan fingerprint density at radius 1 is 0.654 bits per heavy atom. The molecule has 0 amide bonds. The van der Waals surface area contributed by atoms with Crippen molar-refractivity contribution in [2.24, 2.45) is 0 Å². The summed E-state index contributed by atoms with van der Waals surface area (Å²) in [6.45, 7) is 2.12. The Bertz CT molecular complexity index is 1760. The lowest BCUT2D eigenvalue weighted by atomic mass is 9.97. The van der Waals surface area contributed by atoms with Crippen molar-refractivity contribution in [1.82, 2.24) is 0 Å². The zero-order chi connectivity index (χ0) is 37.8. The molecule has 19 heteroatoms. The van der Waals surface area contributed by atoms with Crippen LogP contribution in [-0.4, -0.2) is 155 Å². The summed E-state index contributed by atoms with van der Waals surface area (Å²) in [6, 6.07) is 7.16. The summed E-state index contributed by atoms with van der Waals surface area (Å²) in [5.41, 5.74) is -1.15. The molecular formula is C33H40O19. The second kappa shape index (κ2) is 15.0. The van der Waals surface area contributed by atoms with Gasteiger partial charge in [0, 0.05) is 17.7 Å². The Balaban J connectivity index is 1.38. The fraction of sp³-hybridized carbons (Fsp3) is 0.545. The molecule has 0 saturated carbocycles. The molecule has 6 rings (SSSR count). The van der Waals surface area contributed by atoms with Gasteiger partial charge < -0.3 is 89.0 Å². The van der Waals surface area contributed by atoms with Gasteiger partial charge in [-0.25, -0.2) is 0 Å². The van der Waals surface area contributed by atoms with E-state index >= 15 is 0 Å². The topological polar surface area (TPSA) is 308 Å². The molecule has 3 fully saturated rings. The van der Waals surface area contributed by atoms with Crippen molar-refractivity contribution in [3.05, 3.63) is 46.6 Å². The van der Waals surface area contributed by atoms with E-state index in [1.807, 2.05) is 0 Å². The highest BCUT2D eigenvalue weighted by molar-refractivity contribution is 5.88. The average Bonchev–Trinajstić information content (AvgIpc) is 3.10. The Kier molecular flexibility index (Phi) is 11.0. The van der Waals surface area contributed by atoms with E-state index in [0.717, 1.165) is 12.1 Å². The molecule has 52 heavy (non-hydrogen) atoms. The van der Waals surface area contributed by atoms with Crippen LogP contribution in [0.5, 0.6) is 23.0 Å². The Labute approximate surface area is 293 Å². The van der Waals surface area contributed by atoms with E-state index in [1.165, 1.54) is 38.1 Å². The number of aromatic hydroxyl groups is 3. The standard InChI is InChI=1S/C33H40O19/c1-10-19(37)23(41)26(44)31(47-10)46-9-17-21(39)25(43)30(52-32-27(45)24(42)20(38)11(2)48-32)33(50-17)51-29-22(40)18-15(36)7-14(35)8-16(18)49-28(29)12-3-5-13(34)6-4-12/h3-8,10-11,17,19-21,23-27,30-39,41-45H,9H2,1-2H3/t10-,11-,17-,19-,20-,21-,23+,24+,25+,26-,27-,30-,31-,32-,33+/m0/s1. The molecule has 2 aromatic carbocycles. The maximum Gasteiger partial charge on any atom is 0.239 e. The third kappa shape index (κ3) is 7.16. The van der Waals surface area contributed by atoms with E-state index in [4.69, 9.17) is 32.8 Å². The molecule has 286 valence electrons. The van der Waals surface area contributed by atoms with E-state index in [2.05, 4.69) is 0 Å². The highest BCUT2D eigenvalue weighted by Gasteiger charge is 2.52. The molecule has 3 aliphatic heterocycles. The Morgan fingerprint density at radius 2 is 1.25 bits per heavy atom. The van der Waals surface area contributed by atoms with Crippen LogP contribution in [0.4, 0.5) is 0 Å². The number of hydrogen-bond donors (Lipinski definition) is 11. The maximum absolute atomic E-state index is 14.0. The number of hydrogen-bond acceptors (Lipinski definition) is 19. The van der Waals surface area contributed by atoms with Gasteiger partial charge in [0.15, 0.2) is 24.4 Å². The molecule has 0 spiro atoms. The summed E-state index contributed by atoms with van der Waals surface area (Å²) in [6.07, 6.45) is -24.7. The first-order valence-corrected chi connectivity index (χ1v) is 16.2. The lowest BCUT2D eigenvalue weighted by Crippen LogP contribution is -2.65. The fourth-order valence-electron chi connectivity index (χ4n) is 6.20. The highest BCUT2D eigenvalue weighted by Crippen LogP contribution is 2.38. The van der Waals surface area contributed by atoms with Crippen molar-refractivity contribution >= 4 is 11.0 Å². The molecule has 0 unspecified atom stereocenters. The zero-order valence-electron chi connectivity index (χ0n) is 27.5.